The van der Waals surface area contributed by atoms with E-state index in [-0.39, 0.29) is 17.5 Å². The molecule has 23 heavy (non-hydrogen) atoms. The number of hydrogen-bond acceptors (Lipinski definition) is 5. The number of aryl methyl sites for hydroxylation is 3. The smallest absolute Gasteiger partial charge is 0.262 e. The van der Waals surface area contributed by atoms with Crippen molar-refractivity contribution in [1.29, 1.82) is 0 Å². The van der Waals surface area contributed by atoms with Crippen LogP contribution in [0.5, 0.6) is 0 Å². The van der Waals surface area contributed by atoms with Gasteiger partial charge in [0.2, 0.25) is 5.91 Å². The van der Waals surface area contributed by atoms with E-state index >= 15 is 0 Å². The molecule has 124 valence electrons. The molecule has 6 nitrogen and oxygen atoms in total. The minimum Gasteiger partial charge on any atom is -0.377 e. The van der Waals surface area contributed by atoms with Gasteiger partial charge >= 0.3 is 0 Å². The second kappa shape index (κ2) is 6.41. The third-order valence-corrected chi connectivity index (χ3v) is 5.53. The van der Waals surface area contributed by atoms with E-state index in [0.29, 0.717) is 38.1 Å². The van der Waals surface area contributed by atoms with Crippen LogP contribution in [0.1, 0.15) is 23.8 Å². The van der Waals surface area contributed by atoms with E-state index in [0.717, 1.165) is 15.3 Å². The first-order valence-corrected chi connectivity index (χ1v) is 8.63. The Hall–Kier alpha value is -1.73. The quantitative estimate of drug-likeness (QED) is 0.857. The zero-order valence-corrected chi connectivity index (χ0v) is 14.5. The molecule has 3 heterocycles. The molecule has 0 spiro atoms. The van der Waals surface area contributed by atoms with E-state index in [1.807, 2.05) is 25.7 Å². The normalized spacial score (nSPS) is 18.6. The highest BCUT2D eigenvalue weighted by molar-refractivity contribution is 7.18. The number of carbonyl (C=O) groups excluding carboxylic acids is 1. The van der Waals surface area contributed by atoms with Crippen molar-refractivity contribution in [2.75, 3.05) is 19.8 Å². The molecule has 0 aliphatic carbocycles. The molecule has 0 unspecified atom stereocenters. The van der Waals surface area contributed by atoms with Crippen molar-refractivity contribution in [1.82, 2.24) is 14.5 Å². The van der Waals surface area contributed by atoms with E-state index in [4.69, 9.17) is 4.74 Å². The van der Waals surface area contributed by atoms with Crippen LogP contribution in [0.3, 0.4) is 0 Å². The first kappa shape index (κ1) is 16.1. The van der Waals surface area contributed by atoms with Gasteiger partial charge in [-0.05, 0) is 26.3 Å². The van der Waals surface area contributed by atoms with Crippen molar-refractivity contribution in [3.8, 4) is 0 Å². The number of carbonyl (C=O) groups is 1. The Kier molecular flexibility index (Phi) is 4.50. The number of morpholine rings is 1. The van der Waals surface area contributed by atoms with Gasteiger partial charge in [0.05, 0.1) is 31.0 Å². The van der Waals surface area contributed by atoms with Gasteiger partial charge in [0, 0.05) is 24.4 Å². The maximum atomic E-state index is 12.6. The van der Waals surface area contributed by atoms with Gasteiger partial charge in [-0.25, -0.2) is 4.98 Å². The summed E-state index contributed by atoms with van der Waals surface area (Å²) >= 11 is 1.54. The monoisotopic (exact) mass is 335 g/mol. The number of ether oxygens (including phenoxy) is 1. The van der Waals surface area contributed by atoms with Gasteiger partial charge < -0.3 is 9.64 Å². The van der Waals surface area contributed by atoms with Crippen molar-refractivity contribution in [2.24, 2.45) is 0 Å². The largest absolute Gasteiger partial charge is 0.377 e. The molecule has 7 heteroatoms. The van der Waals surface area contributed by atoms with Crippen molar-refractivity contribution in [3.63, 3.8) is 0 Å². The van der Waals surface area contributed by atoms with Gasteiger partial charge in [0.25, 0.3) is 5.56 Å². The maximum Gasteiger partial charge on any atom is 0.262 e. The number of thiophene rings is 1. The van der Waals surface area contributed by atoms with Crippen molar-refractivity contribution >= 4 is 27.5 Å². The van der Waals surface area contributed by atoms with Crippen LogP contribution in [-0.4, -0.2) is 46.2 Å². The van der Waals surface area contributed by atoms with E-state index < -0.39 is 0 Å². The highest BCUT2D eigenvalue weighted by Crippen LogP contribution is 2.25. The van der Waals surface area contributed by atoms with E-state index in [1.54, 1.807) is 10.9 Å². The van der Waals surface area contributed by atoms with E-state index in [1.165, 1.54) is 11.3 Å². The first-order chi connectivity index (χ1) is 11.0. The third kappa shape index (κ3) is 3.03. The summed E-state index contributed by atoms with van der Waals surface area (Å²) in [5.41, 5.74) is 0.935. The predicted molar refractivity (Wildman–Crippen MR) is 90.0 cm³/mol. The lowest BCUT2D eigenvalue weighted by Crippen LogP contribution is -2.47. The molecular weight excluding hydrogens is 314 g/mol. The summed E-state index contributed by atoms with van der Waals surface area (Å²) in [6, 6.07) is 0.0929. The van der Waals surface area contributed by atoms with Crippen LogP contribution in [0.25, 0.3) is 10.2 Å². The second-order valence-electron chi connectivity index (χ2n) is 5.97. The summed E-state index contributed by atoms with van der Waals surface area (Å²) in [4.78, 5) is 33.0. The average molecular weight is 335 g/mol. The van der Waals surface area contributed by atoms with Gasteiger partial charge in [-0.1, -0.05) is 0 Å². The molecular formula is C16H21N3O3S. The van der Waals surface area contributed by atoms with E-state index in [2.05, 4.69) is 4.98 Å². The minimum atomic E-state index is -0.0559. The number of aromatic nitrogens is 2. The summed E-state index contributed by atoms with van der Waals surface area (Å²) < 4.78 is 6.90. The second-order valence-corrected chi connectivity index (χ2v) is 7.17. The van der Waals surface area contributed by atoms with Gasteiger partial charge in [0.1, 0.15) is 4.83 Å². The molecule has 1 fully saturated rings. The maximum absolute atomic E-state index is 12.6. The molecule has 1 saturated heterocycles. The summed E-state index contributed by atoms with van der Waals surface area (Å²) in [6.07, 6.45) is 1.86. The number of fused-ring (bicyclic) bond motifs is 1. The minimum absolute atomic E-state index is 0.0559. The zero-order valence-electron chi connectivity index (χ0n) is 13.7. The Morgan fingerprint density at radius 2 is 2.26 bits per heavy atom. The highest BCUT2D eigenvalue weighted by Gasteiger charge is 2.23. The van der Waals surface area contributed by atoms with Crippen LogP contribution >= 0.6 is 11.3 Å². The lowest BCUT2D eigenvalue weighted by atomic mass is 10.2. The molecule has 1 aliphatic rings. The summed E-state index contributed by atoms with van der Waals surface area (Å²) in [7, 11) is 0. The Bertz CT molecular complexity index is 796. The Morgan fingerprint density at radius 1 is 1.48 bits per heavy atom. The molecule has 0 bridgehead atoms. The first-order valence-electron chi connectivity index (χ1n) is 7.81. The van der Waals surface area contributed by atoms with Crippen LogP contribution in [-0.2, 0) is 16.1 Å². The Labute approximate surface area is 138 Å². The molecule has 0 aromatic carbocycles. The topological polar surface area (TPSA) is 64.4 Å². The van der Waals surface area contributed by atoms with Crippen molar-refractivity contribution < 1.29 is 9.53 Å². The van der Waals surface area contributed by atoms with Crippen molar-refractivity contribution in [2.45, 2.75) is 39.8 Å². The molecule has 2 aromatic rings. The molecule has 0 radical (unpaired) electrons. The number of amides is 1. The fraction of sp³-hybridized carbons (Fsp3) is 0.562. The molecule has 1 aliphatic heterocycles. The van der Waals surface area contributed by atoms with Crippen LogP contribution in [0.4, 0.5) is 0 Å². The van der Waals surface area contributed by atoms with Crippen molar-refractivity contribution in [3.05, 3.63) is 27.1 Å². The fourth-order valence-electron chi connectivity index (χ4n) is 2.89. The fourth-order valence-corrected chi connectivity index (χ4v) is 3.87. The number of rotatable bonds is 3. The van der Waals surface area contributed by atoms with Gasteiger partial charge in [-0.15, -0.1) is 11.3 Å². The highest BCUT2D eigenvalue weighted by atomic mass is 32.1. The lowest BCUT2D eigenvalue weighted by molar-refractivity contribution is -0.139. The zero-order chi connectivity index (χ0) is 16.6. The summed E-state index contributed by atoms with van der Waals surface area (Å²) in [5, 5.41) is 0.683. The average Bonchev–Trinajstić information content (AvgIpc) is 2.82. The molecule has 0 N–H and O–H groups in total. The summed E-state index contributed by atoms with van der Waals surface area (Å²) in [5.74, 6) is 0.0611. The van der Waals surface area contributed by atoms with Gasteiger partial charge in [-0.3, -0.25) is 14.2 Å². The lowest BCUT2D eigenvalue weighted by Gasteiger charge is -2.33. The van der Waals surface area contributed by atoms with Gasteiger partial charge in [-0.2, -0.15) is 0 Å². The molecule has 1 atom stereocenters. The van der Waals surface area contributed by atoms with Crippen LogP contribution in [0.2, 0.25) is 0 Å². The SMILES string of the molecule is Cc1sc2ncn(CCC(=O)N3CCOC[C@@H]3C)c(=O)c2c1C. The van der Waals surface area contributed by atoms with Crippen LogP contribution in [0, 0.1) is 13.8 Å². The molecule has 2 aromatic heterocycles. The number of nitrogens with zero attached hydrogens (tertiary/aromatic N) is 3. The number of hydrogen-bond donors (Lipinski definition) is 0. The molecule has 3 rings (SSSR count). The Balaban J connectivity index is 1.77. The third-order valence-electron chi connectivity index (χ3n) is 4.41. The predicted octanol–water partition coefficient (Wildman–Crippen LogP) is 1.71. The molecule has 1 amide bonds. The van der Waals surface area contributed by atoms with E-state index in [9.17, 15) is 9.59 Å². The molecule has 0 saturated carbocycles. The van der Waals surface area contributed by atoms with Crippen LogP contribution < -0.4 is 5.56 Å². The van der Waals surface area contributed by atoms with Crippen LogP contribution in [0.15, 0.2) is 11.1 Å². The van der Waals surface area contributed by atoms with Gasteiger partial charge in [0.15, 0.2) is 0 Å². The summed E-state index contributed by atoms with van der Waals surface area (Å²) in [6.45, 7) is 8.06. The Morgan fingerprint density at radius 3 is 3.00 bits per heavy atom. The standard InChI is InChI=1S/C16H21N3O3S/c1-10-8-22-7-6-19(10)13(20)4-5-18-9-17-15-14(16(18)21)11(2)12(3)23-15/h9-10H,4-8H2,1-3H3/t10-/m0/s1.